The third-order valence-electron chi connectivity index (χ3n) is 3.00. The van der Waals surface area contributed by atoms with Crippen molar-refractivity contribution in [2.75, 3.05) is 11.4 Å². The van der Waals surface area contributed by atoms with E-state index in [1.54, 1.807) is 0 Å². The minimum absolute atomic E-state index is 0.610. The molecular weight excluding hydrogens is 170 g/mol. The first-order valence-electron chi connectivity index (χ1n) is 5.53. The molecule has 2 rings (SSSR count). The van der Waals surface area contributed by atoms with Crippen molar-refractivity contribution < 1.29 is 0 Å². The first kappa shape index (κ1) is 9.57. The molecule has 0 aromatic heterocycles. The molecule has 1 unspecified atom stereocenters. The van der Waals surface area contributed by atoms with Crippen molar-refractivity contribution in [1.29, 1.82) is 0 Å². The third kappa shape index (κ3) is 1.63. The van der Waals surface area contributed by atoms with Gasteiger partial charge in [0.1, 0.15) is 0 Å². The molecular formula is C13H19N. The summed E-state index contributed by atoms with van der Waals surface area (Å²) in [7, 11) is 0. The lowest BCUT2D eigenvalue weighted by Crippen LogP contribution is -2.39. The highest BCUT2D eigenvalue weighted by atomic mass is 15.2. The van der Waals surface area contributed by atoms with Crippen LogP contribution in [0.4, 0.5) is 5.69 Å². The Balaban J connectivity index is 2.38. The number of hydrogen-bond donors (Lipinski definition) is 0. The fraction of sp³-hybridized carbons (Fsp3) is 0.538. The van der Waals surface area contributed by atoms with Crippen molar-refractivity contribution in [3.05, 3.63) is 29.8 Å². The molecule has 0 bridgehead atoms. The second kappa shape index (κ2) is 3.64. The van der Waals surface area contributed by atoms with Crippen LogP contribution in [0.3, 0.4) is 0 Å². The van der Waals surface area contributed by atoms with Gasteiger partial charge in [0.05, 0.1) is 0 Å². The second-order valence-corrected chi connectivity index (χ2v) is 4.68. The van der Waals surface area contributed by atoms with Gasteiger partial charge in [0.25, 0.3) is 0 Å². The van der Waals surface area contributed by atoms with Gasteiger partial charge in [0.15, 0.2) is 0 Å². The van der Waals surface area contributed by atoms with Gasteiger partial charge >= 0.3 is 0 Å². The van der Waals surface area contributed by atoms with E-state index >= 15 is 0 Å². The maximum atomic E-state index is 2.52. The van der Waals surface area contributed by atoms with Crippen LogP contribution < -0.4 is 4.90 Å². The highest BCUT2D eigenvalue weighted by molar-refractivity contribution is 5.56. The lowest BCUT2D eigenvalue weighted by atomic mass is 9.93. The Morgan fingerprint density at radius 1 is 1.29 bits per heavy atom. The first-order chi connectivity index (χ1) is 6.68. The Hall–Kier alpha value is -0.980. The summed E-state index contributed by atoms with van der Waals surface area (Å²) < 4.78 is 0. The fourth-order valence-corrected chi connectivity index (χ4v) is 2.33. The van der Waals surface area contributed by atoms with Crippen LogP contribution in [0.5, 0.6) is 0 Å². The van der Waals surface area contributed by atoms with E-state index < -0.39 is 0 Å². The van der Waals surface area contributed by atoms with E-state index in [4.69, 9.17) is 0 Å². The Bertz CT molecular complexity index is 317. The summed E-state index contributed by atoms with van der Waals surface area (Å²) in [5, 5.41) is 0. The Kier molecular flexibility index (Phi) is 2.49. The van der Waals surface area contributed by atoms with Crippen molar-refractivity contribution in [3.8, 4) is 0 Å². The van der Waals surface area contributed by atoms with Crippen LogP contribution in [0.25, 0.3) is 0 Å². The number of para-hydroxylation sites is 1. The van der Waals surface area contributed by atoms with E-state index in [9.17, 15) is 0 Å². The standard InChI is InChI=1S/C13H19N/c1-10(2)14-9-11(3)8-12-6-4-5-7-13(12)14/h4-7,10-11H,8-9H2,1-3H3. The van der Waals surface area contributed by atoms with Crippen LogP contribution in [0.15, 0.2) is 24.3 Å². The van der Waals surface area contributed by atoms with Gasteiger partial charge in [0, 0.05) is 18.3 Å². The molecule has 76 valence electrons. The second-order valence-electron chi connectivity index (χ2n) is 4.68. The molecule has 1 heteroatoms. The zero-order valence-corrected chi connectivity index (χ0v) is 9.33. The summed E-state index contributed by atoms with van der Waals surface area (Å²) in [6.45, 7) is 8.09. The summed E-state index contributed by atoms with van der Waals surface area (Å²) in [6.07, 6.45) is 1.24. The Morgan fingerprint density at radius 2 is 2.00 bits per heavy atom. The van der Waals surface area contributed by atoms with Crippen molar-refractivity contribution in [2.45, 2.75) is 33.2 Å². The molecule has 0 fully saturated rings. The van der Waals surface area contributed by atoms with Gasteiger partial charge in [-0.25, -0.2) is 0 Å². The molecule has 1 heterocycles. The molecule has 14 heavy (non-hydrogen) atoms. The van der Waals surface area contributed by atoms with E-state index in [1.165, 1.54) is 24.2 Å². The van der Waals surface area contributed by atoms with Gasteiger partial charge in [0.2, 0.25) is 0 Å². The average molecular weight is 189 g/mol. The maximum Gasteiger partial charge on any atom is 0.0401 e. The van der Waals surface area contributed by atoms with Crippen LogP contribution in [-0.2, 0) is 6.42 Å². The fourth-order valence-electron chi connectivity index (χ4n) is 2.33. The van der Waals surface area contributed by atoms with Crippen LogP contribution in [0.1, 0.15) is 26.3 Å². The molecule has 0 N–H and O–H groups in total. The molecule has 1 aromatic rings. The molecule has 1 nitrogen and oxygen atoms in total. The quantitative estimate of drug-likeness (QED) is 0.656. The minimum Gasteiger partial charge on any atom is -0.369 e. The average Bonchev–Trinajstić information content (AvgIpc) is 2.16. The molecule has 0 aliphatic carbocycles. The van der Waals surface area contributed by atoms with Crippen molar-refractivity contribution in [1.82, 2.24) is 0 Å². The predicted octanol–water partition coefficient (Wildman–Crippen LogP) is 3.09. The number of nitrogens with zero attached hydrogens (tertiary/aromatic N) is 1. The molecule has 1 aliphatic heterocycles. The molecule has 0 saturated carbocycles. The van der Waals surface area contributed by atoms with Crippen LogP contribution in [0.2, 0.25) is 0 Å². The topological polar surface area (TPSA) is 3.24 Å². The summed E-state index contributed by atoms with van der Waals surface area (Å²) in [4.78, 5) is 2.52. The van der Waals surface area contributed by atoms with Gasteiger partial charge in [-0.3, -0.25) is 0 Å². The van der Waals surface area contributed by atoms with E-state index in [1.807, 2.05) is 0 Å². The van der Waals surface area contributed by atoms with Crippen molar-refractivity contribution >= 4 is 5.69 Å². The third-order valence-corrected chi connectivity index (χ3v) is 3.00. The number of fused-ring (bicyclic) bond motifs is 1. The van der Waals surface area contributed by atoms with Crippen LogP contribution >= 0.6 is 0 Å². The summed E-state index contributed by atoms with van der Waals surface area (Å²) >= 11 is 0. The van der Waals surface area contributed by atoms with E-state index in [-0.39, 0.29) is 0 Å². The summed E-state index contributed by atoms with van der Waals surface area (Å²) in [5.74, 6) is 0.785. The number of rotatable bonds is 1. The summed E-state index contributed by atoms with van der Waals surface area (Å²) in [5.41, 5.74) is 2.96. The monoisotopic (exact) mass is 189 g/mol. The normalized spacial score (nSPS) is 21.1. The lowest BCUT2D eigenvalue weighted by Gasteiger charge is -2.37. The number of hydrogen-bond acceptors (Lipinski definition) is 1. The highest BCUT2D eigenvalue weighted by Gasteiger charge is 2.22. The Labute approximate surface area is 86.7 Å². The highest BCUT2D eigenvalue weighted by Crippen LogP contribution is 2.30. The predicted molar refractivity (Wildman–Crippen MR) is 61.8 cm³/mol. The van der Waals surface area contributed by atoms with E-state index in [2.05, 4.69) is 49.9 Å². The Morgan fingerprint density at radius 3 is 2.71 bits per heavy atom. The van der Waals surface area contributed by atoms with Gasteiger partial charge < -0.3 is 4.90 Å². The van der Waals surface area contributed by atoms with Crippen molar-refractivity contribution in [3.63, 3.8) is 0 Å². The van der Waals surface area contributed by atoms with Crippen LogP contribution in [0, 0.1) is 5.92 Å². The van der Waals surface area contributed by atoms with Gasteiger partial charge in [-0.05, 0) is 37.8 Å². The molecule has 0 radical (unpaired) electrons. The van der Waals surface area contributed by atoms with Gasteiger partial charge in [-0.1, -0.05) is 25.1 Å². The van der Waals surface area contributed by atoms with Gasteiger partial charge in [-0.15, -0.1) is 0 Å². The largest absolute Gasteiger partial charge is 0.369 e. The molecule has 1 atom stereocenters. The SMILES string of the molecule is CC1Cc2ccccc2N(C(C)C)C1. The summed E-state index contributed by atoms with van der Waals surface area (Å²) in [6, 6.07) is 9.42. The smallest absolute Gasteiger partial charge is 0.0401 e. The molecule has 1 aromatic carbocycles. The minimum atomic E-state index is 0.610. The molecule has 1 aliphatic rings. The van der Waals surface area contributed by atoms with Gasteiger partial charge in [-0.2, -0.15) is 0 Å². The molecule has 0 saturated heterocycles. The lowest BCUT2D eigenvalue weighted by molar-refractivity contribution is 0.505. The zero-order chi connectivity index (χ0) is 10.1. The zero-order valence-electron chi connectivity index (χ0n) is 9.33. The van der Waals surface area contributed by atoms with Crippen LogP contribution in [-0.4, -0.2) is 12.6 Å². The van der Waals surface area contributed by atoms with E-state index in [0.29, 0.717) is 6.04 Å². The first-order valence-corrected chi connectivity index (χ1v) is 5.53. The molecule has 0 amide bonds. The molecule has 0 spiro atoms. The maximum absolute atomic E-state index is 2.52. The number of anilines is 1. The van der Waals surface area contributed by atoms with E-state index in [0.717, 1.165) is 5.92 Å². The van der Waals surface area contributed by atoms with Crippen molar-refractivity contribution in [2.24, 2.45) is 5.92 Å². The number of benzene rings is 1.